The zero-order valence-corrected chi connectivity index (χ0v) is 19.5. The Balaban J connectivity index is 1.62. The molecule has 0 radical (unpaired) electrons. The average molecular weight is 513 g/mol. The minimum Gasteiger partial charge on any atom is -0.374 e. The molecule has 1 N–H and O–H groups in total. The van der Waals surface area contributed by atoms with E-state index in [9.17, 15) is 17.2 Å². The smallest absolute Gasteiger partial charge is 0.301 e. The van der Waals surface area contributed by atoms with E-state index in [1.165, 1.54) is 46.8 Å². The van der Waals surface area contributed by atoms with Crippen molar-refractivity contribution in [1.82, 2.24) is 4.31 Å². The van der Waals surface area contributed by atoms with E-state index in [4.69, 9.17) is 27.9 Å². The van der Waals surface area contributed by atoms with Crippen molar-refractivity contribution in [2.24, 2.45) is 0 Å². The summed E-state index contributed by atoms with van der Waals surface area (Å²) in [4.78, 5) is 0. The second-order valence-corrected chi connectivity index (χ2v) is 10.2. The molecule has 3 aromatic carbocycles. The van der Waals surface area contributed by atoms with Gasteiger partial charge in [0.05, 0.1) is 18.4 Å². The Bertz CT molecular complexity index is 1160. The van der Waals surface area contributed by atoms with Crippen molar-refractivity contribution in [3.05, 3.63) is 99.5 Å². The number of morpholine rings is 1. The van der Waals surface area contributed by atoms with Crippen LogP contribution in [0, 0.1) is 11.6 Å². The Morgan fingerprint density at radius 1 is 0.909 bits per heavy atom. The maximum Gasteiger partial charge on any atom is 0.301 e. The minimum absolute atomic E-state index is 0.0308. The molecule has 1 aliphatic heterocycles. The fourth-order valence-corrected chi connectivity index (χ4v) is 5.59. The molecule has 0 spiro atoms. The first-order valence-corrected chi connectivity index (χ1v) is 12.3. The molecule has 5 nitrogen and oxygen atoms in total. The summed E-state index contributed by atoms with van der Waals surface area (Å²) in [6.45, 7) is 0.323. The van der Waals surface area contributed by atoms with Crippen molar-refractivity contribution in [3.8, 4) is 0 Å². The molecule has 1 fully saturated rings. The summed E-state index contributed by atoms with van der Waals surface area (Å²) in [5.41, 5.74) is 1.69. The van der Waals surface area contributed by atoms with Gasteiger partial charge in [-0.2, -0.15) is 12.7 Å². The van der Waals surface area contributed by atoms with Gasteiger partial charge in [0, 0.05) is 29.1 Å². The molecule has 10 heteroatoms. The number of nitrogens with zero attached hydrogens (tertiary/aromatic N) is 1. The predicted octanol–water partition coefficient (Wildman–Crippen LogP) is 5.46. The second kappa shape index (κ2) is 9.95. The van der Waals surface area contributed by atoms with E-state index in [0.717, 1.165) is 11.1 Å². The molecular weight excluding hydrogens is 493 g/mol. The van der Waals surface area contributed by atoms with Gasteiger partial charge in [-0.3, -0.25) is 4.72 Å². The van der Waals surface area contributed by atoms with Crippen LogP contribution < -0.4 is 4.72 Å². The molecule has 3 aromatic rings. The molecule has 0 amide bonds. The Morgan fingerprint density at radius 3 is 1.94 bits per heavy atom. The van der Waals surface area contributed by atoms with Crippen molar-refractivity contribution in [2.45, 2.75) is 12.0 Å². The number of rotatable bonds is 6. The highest BCUT2D eigenvalue weighted by Gasteiger charge is 2.35. The van der Waals surface area contributed by atoms with Gasteiger partial charge in [-0.05, 0) is 53.6 Å². The third-order valence-electron chi connectivity index (χ3n) is 5.34. The van der Waals surface area contributed by atoms with E-state index in [1.54, 1.807) is 24.3 Å². The lowest BCUT2D eigenvalue weighted by molar-refractivity contribution is -0.00977. The molecule has 174 valence electrons. The lowest BCUT2D eigenvalue weighted by Gasteiger charge is -2.36. The van der Waals surface area contributed by atoms with Crippen molar-refractivity contribution in [2.75, 3.05) is 24.4 Å². The van der Waals surface area contributed by atoms with Crippen molar-refractivity contribution in [3.63, 3.8) is 0 Å². The van der Waals surface area contributed by atoms with Gasteiger partial charge in [0.2, 0.25) is 0 Å². The quantitative estimate of drug-likeness (QED) is 0.476. The van der Waals surface area contributed by atoms with Crippen molar-refractivity contribution < 1.29 is 21.9 Å². The molecule has 0 aromatic heterocycles. The summed E-state index contributed by atoms with van der Waals surface area (Å²) in [6, 6.07) is 16.2. The normalized spacial score (nSPS) is 17.3. The first kappa shape index (κ1) is 23.9. The van der Waals surface area contributed by atoms with Crippen LogP contribution in [-0.2, 0) is 14.9 Å². The lowest BCUT2D eigenvalue weighted by atomic mass is 9.86. The number of halogens is 4. The highest BCUT2D eigenvalue weighted by molar-refractivity contribution is 7.90. The molecule has 0 bridgehead atoms. The SMILES string of the molecule is O=S(=O)(Nc1cc(Cl)cc(Cl)c1)N1CCOC(C(c2ccc(F)cc2)c2ccc(F)cc2)C1. The Morgan fingerprint density at radius 2 is 1.42 bits per heavy atom. The van der Waals surface area contributed by atoms with E-state index >= 15 is 0 Å². The summed E-state index contributed by atoms with van der Waals surface area (Å²) in [7, 11) is -3.95. The van der Waals surface area contributed by atoms with Crippen LogP contribution in [0.5, 0.6) is 0 Å². The van der Waals surface area contributed by atoms with Crippen molar-refractivity contribution in [1.29, 1.82) is 0 Å². The molecule has 0 aliphatic carbocycles. The molecule has 1 unspecified atom stereocenters. The predicted molar refractivity (Wildman–Crippen MR) is 125 cm³/mol. The van der Waals surface area contributed by atoms with E-state index in [0.29, 0.717) is 10.0 Å². The first-order chi connectivity index (χ1) is 15.7. The zero-order valence-electron chi connectivity index (χ0n) is 17.2. The molecular formula is C23H20Cl2F2N2O3S. The number of nitrogens with one attached hydrogen (secondary N) is 1. The van der Waals surface area contributed by atoms with Gasteiger partial charge in [-0.15, -0.1) is 0 Å². The fourth-order valence-electron chi connectivity index (χ4n) is 3.86. The summed E-state index contributed by atoms with van der Waals surface area (Å²) < 4.78 is 63.0. The number of hydrogen-bond donors (Lipinski definition) is 1. The molecule has 33 heavy (non-hydrogen) atoms. The average Bonchev–Trinajstić information content (AvgIpc) is 2.76. The van der Waals surface area contributed by atoms with E-state index < -0.39 is 33.9 Å². The van der Waals surface area contributed by atoms with E-state index in [2.05, 4.69) is 4.72 Å². The molecule has 1 aliphatic rings. The lowest BCUT2D eigenvalue weighted by Crippen LogP contribution is -2.49. The highest BCUT2D eigenvalue weighted by atomic mass is 35.5. The molecule has 1 saturated heterocycles. The largest absolute Gasteiger partial charge is 0.374 e. The number of benzene rings is 3. The van der Waals surface area contributed by atoms with Crippen LogP contribution in [0.2, 0.25) is 10.0 Å². The first-order valence-electron chi connectivity index (χ1n) is 10.1. The summed E-state index contributed by atoms with van der Waals surface area (Å²) in [5.74, 6) is -1.23. The van der Waals surface area contributed by atoms with Crippen LogP contribution in [0.3, 0.4) is 0 Å². The fraction of sp³-hybridized carbons (Fsp3) is 0.217. The van der Waals surface area contributed by atoms with Crippen LogP contribution in [0.4, 0.5) is 14.5 Å². The van der Waals surface area contributed by atoms with Gasteiger partial charge in [0.25, 0.3) is 0 Å². The molecule has 1 atom stereocenters. The van der Waals surface area contributed by atoms with Crippen LogP contribution in [0.1, 0.15) is 17.0 Å². The van der Waals surface area contributed by atoms with Crippen molar-refractivity contribution >= 4 is 39.1 Å². The minimum atomic E-state index is -3.95. The standard InChI is InChI=1S/C23H20Cl2F2N2O3S/c24-17-11-18(25)13-21(12-17)28-33(30,31)29-9-10-32-22(14-29)23(15-1-5-19(26)6-2-15)16-3-7-20(27)8-4-16/h1-8,11-13,22-23,28H,9-10,14H2. The maximum atomic E-state index is 13.5. The number of ether oxygens (including phenoxy) is 1. The van der Waals surface area contributed by atoms with Gasteiger partial charge in [-0.1, -0.05) is 47.5 Å². The summed E-state index contributed by atoms with van der Waals surface area (Å²) in [6.07, 6.45) is -0.589. The van der Waals surface area contributed by atoms with Gasteiger partial charge < -0.3 is 4.74 Å². The number of hydrogen-bond acceptors (Lipinski definition) is 3. The third kappa shape index (κ3) is 5.83. The Kier molecular flexibility index (Phi) is 7.21. The van der Waals surface area contributed by atoms with Gasteiger partial charge >= 0.3 is 10.2 Å². The number of anilines is 1. The van der Waals surface area contributed by atoms with Gasteiger partial charge in [0.1, 0.15) is 11.6 Å². The van der Waals surface area contributed by atoms with Crippen LogP contribution >= 0.6 is 23.2 Å². The van der Waals surface area contributed by atoms with E-state index in [-0.39, 0.29) is 25.4 Å². The summed E-state index contributed by atoms with van der Waals surface area (Å²) >= 11 is 12.0. The topological polar surface area (TPSA) is 58.6 Å². The highest BCUT2D eigenvalue weighted by Crippen LogP contribution is 2.33. The molecule has 0 saturated carbocycles. The van der Waals surface area contributed by atoms with Gasteiger partial charge in [0.15, 0.2) is 0 Å². The second-order valence-electron chi connectivity index (χ2n) is 7.61. The third-order valence-corrected chi connectivity index (χ3v) is 7.28. The zero-order chi connectivity index (χ0) is 23.6. The maximum absolute atomic E-state index is 13.5. The van der Waals surface area contributed by atoms with Crippen LogP contribution in [-0.4, -0.2) is 38.5 Å². The summed E-state index contributed by atoms with van der Waals surface area (Å²) in [5, 5.41) is 0.598. The Labute approximate surface area is 201 Å². The van der Waals surface area contributed by atoms with Gasteiger partial charge in [-0.25, -0.2) is 8.78 Å². The molecule has 1 heterocycles. The van der Waals surface area contributed by atoms with Crippen LogP contribution in [0.15, 0.2) is 66.7 Å². The van der Waals surface area contributed by atoms with E-state index in [1.807, 2.05) is 0 Å². The van der Waals surface area contributed by atoms with Crippen LogP contribution in [0.25, 0.3) is 0 Å². The molecule has 4 rings (SSSR count). The Hall–Kier alpha value is -2.23. The monoisotopic (exact) mass is 512 g/mol.